The van der Waals surface area contributed by atoms with Gasteiger partial charge in [-0.2, -0.15) is 0 Å². The maximum atomic E-state index is 10.3. The number of hydrogen-bond donors (Lipinski definition) is 4. The molecule has 0 heterocycles. The van der Waals surface area contributed by atoms with Gasteiger partial charge in [-0.1, -0.05) is 286 Å². The minimum atomic E-state index is -0.652. The van der Waals surface area contributed by atoms with Crippen LogP contribution in [0.5, 0.6) is 0 Å². The van der Waals surface area contributed by atoms with E-state index in [-0.39, 0.29) is 17.1 Å². The van der Waals surface area contributed by atoms with Crippen molar-refractivity contribution in [2.75, 3.05) is 0 Å². The first-order valence-corrected chi connectivity index (χ1v) is 46.3. The quantitative estimate of drug-likeness (QED) is 0.0362. The van der Waals surface area contributed by atoms with E-state index < -0.39 is 24.4 Å². The number of rotatable bonds is 10. The molecule has 0 saturated carbocycles. The molecule has 0 saturated heterocycles. The summed E-state index contributed by atoms with van der Waals surface area (Å²) in [5.74, 6) is 40.9. The molecule has 16 aromatic carbocycles. The van der Waals surface area contributed by atoms with Crippen LogP contribution in [-0.4, -0.2) is 20.4 Å². The topological polar surface area (TPSA) is 80.9 Å². The zero-order valence-electron chi connectivity index (χ0n) is 82.2. The van der Waals surface area contributed by atoms with E-state index in [0.29, 0.717) is 35.1 Å². The van der Waals surface area contributed by atoms with Crippen LogP contribution in [0.15, 0.2) is 289 Å². The molecule has 4 atom stereocenters. The van der Waals surface area contributed by atoms with Gasteiger partial charge in [-0.3, -0.25) is 0 Å². The van der Waals surface area contributed by atoms with Gasteiger partial charge in [-0.15, -0.1) is 0 Å². The van der Waals surface area contributed by atoms with Crippen LogP contribution >= 0.6 is 0 Å². The normalized spacial score (nSPS) is 12.1. The fourth-order valence-corrected chi connectivity index (χ4v) is 16.4. The summed E-state index contributed by atoms with van der Waals surface area (Å²) in [6, 6.07) is 87.3. The molecular weight excluding hydrogens is 1690 g/mol. The Morgan fingerprint density at radius 3 is 0.652 bits per heavy atom. The third-order valence-corrected chi connectivity index (χ3v) is 26.2. The molecule has 4 N–H and O–H groups in total. The summed E-state index contributed by atoms with van der Waals surface area (Å²) < 4.78 is 0. The Morgan fingerprint density at radius 1 is 0.215 bits per heavy atom. The van der Waals surface area contributed by atoms with Gasteiger partial charge in [0.15, 0.2) is 0 Å². The maximum Gasteiger partial charge on any atom is 0.0818 e. The van der Waals surface area contributed by atoms with Crippen LogP contribution in [0.4, 0.5) is 0 Å². The molecule has 16 rings (SSSR count). The first-order chi connectivity index (χ1) is 64.1. The Balaban J connectivity index is 0.000000181. The van der Waals surface area contributed by atoms with Gasteiger partial charge in [-0.25, -0.2) is 0 Å². The van der Waals surface area contributed by atoms with E-state index in [2.05, 4.69) is 305 Å². The number of allylic oxidation sites excluding steroid dienone is 6. The minimum absolute atomic E-state index is 0. The molecule has 0 aliphatic heterocycles. The van der Waals surface area contributed by atoms with Crippen LogP contribution in [-0.2, 0) is 17.1 Å². The SMILES string of the molecule is Cc1cc2c(cc1C)c1c(C)c(C)cc3c4cc(C)c(C)cc4c4c(C)c(C)cc2c4c31.Cc1ccc(C#C/C=C(C#Cc2ccc(C)cc2)/C(C#Cc2ccc(C)cc2)=C(C#Cc2ccc(C)cc2)\C(C#Cc2ccc(C)cc2)=C\C#Cc2ccc(C)cc2)cc1.Cc1ccc(C(O)CC(O)c2ccc(C)c(C)c2)cc1C.Cc1ccc(C(O)CC(O)c2ccc(C)c(C)c2)cc1C.[Cu]. The van der Waals surface area contributed by atoms with E-state index in [1.807, 2.05) is 185 Å². The summed E-state index contributed by atoms with van der Waals surface area (Å²) >= 11 is 0. The number of fused-ring (bicyclic) bond motifs is 6. The fraction of sp³-hybridized carbons (Fsp3) is 0.215. The zero-order chi connectivity index (χ0) is 95.9. The van der Waals surface area contributed by atoms with Gasteiger partial charge in [0.2, 0.25) is 0 Å². The number of benzene rings is 16. The van der Waals surface area contributed by atoms with Crippen LogP contribution in [0.1, 0.15) is 215 Å². The number of hydrogen-bond acceptors (Lipinski definition) is 4. The second-order valence-corrected chi connectivity index (χ2v) is 36.7. The molecule has 0 aliphatic rings. The molecule has 135 heavy (non-hydrogen) atoms. The summed E-state index contributed by atoms with van der Waals surface area (Å²) in [4.78, 5) is 0. The molecule has 0 aromatic heterocycles. The number of aliphatic hydroxyl groups is 4. The third kappa shape index (κ3) is 25.1. The summed E-state index contributed by atoms with van der Waals surface area (Å²) in [7, 11) is 0. The molecule has 677 valence electrons. The first-order valence-electron chi connectivity index (χ1n) is 46.3. The van der Waals surface area contributed by atoms with Gasteiger partial charge in [0.25, 0.3) is 0 Å². The smallest absolute Gasteiger partial charge is 0.0818 e. The fourth-order valence-electron chi connectivity index (χ4n) is 16.4. The van der Waals surface area contributed by atoms with Crippen LogP contribution in [0, 0.1) is 223 Å². The van der Waals surface area contributed by atoms with Gasteiger partial charge in [-0.05, 0) is 390 Å². The van der Waals surface area contributed by atoms with Crippen molar-refractivity contribution in [3.05, 3.63) is 467 Å². The standard InChI is InChI=1S/C60H44.C32H30.2C19H24O2.Cu/c1-45-13-25-51(26-14-45)9-7-11-57(41-37-53-29-17-47(3)18-30-53)59(43-39-55-33-21-49(5)22-34-55)60(44-40-56-35-23-50(6)24-36-56)58(42-38-54-31-19-48(4)20-32-54)12-8-10-52-27-15-46(2)16-28-52;1-15-9-23-25(11-17(15)3)29-21(7)20(6)14-28-24-10-16(2)18(4)12-26(24)30-22(8)19(5)13-27(23)31(30)32(28)29;2*1-12-5-7-16(9-14(12)3)18(20)11-19(21)17-8-6-13(2)15(4)10-17;/h11-36H,1-6H3;9-14H,1-8H3;2*5-10,18-21H,11H2,1-4H3;/b57-11+,58-12+,60-59-;;;;. The predicted octanol–water partition coefficient (Wildman–Crippen LogP) is 29.8. The van der Waals surface area contributed by atoms with Crippen molar-refractivity contribution in [3.8, 4) is 71.0 Å². The minimum Gasteiger partial charge on any atom is -0.388 e. The van der Waals surface area contributed by atoms with E-state index in [0.717, 1.165) is 100 Å². The Hall–Kier alpha value is -14.0. The Bertz CT molecular complexity index is 7080. The van der Waals surface area contributed by atoms with E-state index in [4.69, 9.17) is 0 Å². The van der Waals surface area contributed by atoms with Crippen LogP contribution < -0.4 is 0 Å². The van der Waals surface area contributed by atoms with Gasteiger partial charge in [0.1, 0.15) is 0 Å². The Kier molecular flexibility index (Phi) is 33.5. The summed E-state index contributed by atoms with van der Waals surface area (Å²) in [5.41, 5.74) is 38.6. The average molecular weight is 1810 g/mol. The number of aryl methyl sites for hydroxylation is 22. The summed E-state index contributed by atoms with van der Waals surface area (Å²) in [6.45, 7) is 46.9. The van der Waals surface area contributed by atoms with Gasteiger partial charge < -0.3 is 20.4 Å². The van der Waals surface area contributed by atoms with Gasteiger partial charge in [0.05, 0.1) is 46.7 Å². The summed E-state index contributed by atoms with van der Waals surface area (Å²) in [6.07, 6.45) is 1.70. The van der Waals surface area contributed by atoms with Crippen molar-refractivity contribution < 1.29 is 37.5 Å². The molecular formula is C130H122CuO4. The van der Waals surface area contributed by atoms with Crippen LogP contribution in [0.3, 0.4) is 0 Å². The van der Waals surface area contributed by atoms with Crippen molar-refractivity contribution in [1.29, 1.82) is 0 Å². The van der Waals surface area contributed by atoms with Gasteiger partial charge in [0, 0.05) is 75.4 Å². The molecule has 0 spiro atoms. The average Bonchev–Trinajstić information content (AvgIpc) is 0.686. The van der Waals surface area contributed by atoms with Crippen molar-refractivity contribution in [3.63, 3.8) is 0 Å². The van der Waals surface area contributed by atoms with Crippen molar-refractivity contribution >= 4 is 53.9 Å². The van der Waals surface area contributed by atoms with Crippen LogP contribution in [0.2, 0.25) is 0 Å². The maximum absolute atomic E-state index is 10.3. The molecule has 0 aliphatic carbocycles. The second kappa shape index (κ2) is 45.2. The first kappa shape index (κ1) is 100. The predicted molar refractivity (Wildman–Crippen MR) is 567 cm³/mol. The molecule has 4 unspecified atom stereocenters. The third-order valence-electron chi connectivity index (χ3n) is 26.2. The van der Waals surface area contributed by atoms with E-state index in [1.165, 1.54) is 132 Å². The van der Waals surface area contributed by atoms with E-state index in [9.17, 15) is 20.4 Å². The van der Waals surface area contributed by atoms with Gasteiger partial charge >= 0.3 is 0 Å². The van der Waals surface area contributed by atoms with Crippen molar-refractivity contribution in [1.82, 2.24) is 0 Å². The largest absolute Gasteiger partial charge is 0.388 e. The van der Waals surface area contributed by atoms with Crippen molar-refractivity contribution in [2.45, 2.75) is 190 Å². The molecule has 0 fully saturated rings. The molecule has 4 nitrogen and oxygen atoms in total. The molecule has 0 bridgehead atoms. The Labute approximate surface area is 813 Å². The molecule has 5 heteroatoms. The van der Waals surface area contributed by atoms with Crippen LogP contribution in [0.25, 0.3) is 53.9 Å². The Morgan fingerprint density at radius 2 is 0.415 bits per heavy atom. The second-order valence-electron chi connectivity index (χ2n) is 36.7. The monoisotopic (exact) mass is 1810 g/mol. The number of aliphatic hydroxyl groups excluding tert-OH is 4. The van der Waals surface area contributed by atoms with E-state index >= 15 is 0 Å². The zero-order valence-corrected chi connectivity index (χ0v) is 83.2. The summed E-state index contributed by atoms with van der Waals surface area (Å²) in [5, 5.41) is 55.5. The van der Waals surface area contributed by atoms with Crippen molar-refractivity contribution in [2.24, 2.45) is 0 Å². The van der Waals surface area contributed by atoms with E-state index in [1.54, 1.807) is 0 Å². The molecule has 16 aromatic rings. The molecule has 0 amide bonds. The molecule has 1 radical (unpaired) electrons.